The molecule has 9 heteroatoms. The van der Waals surface area contributed by atoms with Crippen LogP contribution < -0.4 is 15.8 Å². The van der Waals surface area contributed by atoms with E-state index in [-0.39, 0.29) is 30.5 Å². The third-order valence-electron chi connectivity index (χ3n) is 5.20. The van der Waals surface area contributed by atoms with Gasteiger partial charge in [0.25, 0.3) is 0 Å². The fourth-order valence-electron chi connectivity index (χ4n) is 3.38. The molecule has 0 aliphatic carbocycles. The number of furan rings is 1. The summed E-state index contributed by atoms with van der Waals surface area (Å²) >= 11 is 0. The number of hydrogen-bond donors (Lipinski definition) is 4. The number of ether oxygens (including phenoxy) is 1. The minimum Gasteiger partial charge on any atom is -0.481 e. The van der Waals surface area contributed by atoms with Gasteiger partial charge in [-0.05, 0) is 53.9 Å². The maximum Gasteiger partial charge on any atom is 0.379 e. The number of benzene rings is 2. The van der Waals surface area contributed by atoms with E-state index >= 15 is 0 Å². The Morgan fingerprint density at radius 2 is 1.65 bits per heavy atom. The molecule has 0 bridgehead atoms. The minimum absolute atomic E-state index is 0.0183. The van der Waals surface area contributed by atoms with Crippen molar-refractivity contribution in [2.75, 3.05) is 0 Å². The summed E-state index contributed by atoms with van der Waals surface area (Å²) in [5.74, 6) is -0.813. The van der Waals surface area contributed by atoms with Crippen LogP contribution in [0.2, 0.25) is 0 Å². The van der Waals surface area contributed by atoms with E-state index in [4.69, 9.17) is 25.4 Å². The van der Waals surface area contributed by atoms with Crippen molar-refractivity contribution < 1.29 is 28.6 Å². The zero-order valence-electron chi connectivity index (χ0n) is 18.6. The molecular weight excluding hydrogens is 438 g/mol. The largest absolute Gasteiger partial charge is 0.481 e. The smallest absolute Gasteiger partial charge is 0.379 e. The highest BCUT2D eigenvalue weighted by molar-refractivity contribution is 5.99. The van der Waals surface area contributed by atoms with Gasteiger partial charge in [0.05, 0.1) is 6.54 Å². The van der Waals surface area contributed by atoms with E-state index in [0.29, 0.717) is 36.3 Å². The molecule has 2 aromatic carbocycles. The van der Waals surface area contributed by atoms with Crippen LogP contribution in [0.5, 0.6) is 5.75 Å². The highest BCUT2D eigenvalue weighted by Gasteiger charge is 2.15. The Balaban J connectivity index is 1.45. The van der Waals surface area contributed by atoms with Crippen LogP contribution in [0.3, 0.4) is 0 Å². The third-order valence-corrected chi connectivity index (χ3v) is 5.20. The summed E-state index contributed by atoms with van der Waals surface area (Å²) in [6, 6.07) is 13.5. The summed E-state index contributed by atoms with van der Waals surface area (Å²) in [7, 11) is 0. The molecule has 1 aromatic heterocycles. The van der Waals surface area contributed by atoms with Crippen LogP contribution in [0, 0.1) is 5.41 Å². The summed E-state index contributed by atoms with van der Waals surface area (Å²) in [6.45, 7) is 0.152. The highest BCUT2D eigenvalue weighted by atomic mass is 16.5. The second kappa shape index (κ2) is 11.6. The van der Waals surface area contributed by atoms with Crippen molar-refractivity contribution in [3.05, 3.63) is 65.6 Å². The molecule has 9 nitrogen and oxygen atoms in total. The lowest BCUT2D eigenvalue weighted by Gasteiger charge is -2.06. The van der Waals surface area contributed by atoms with Gasteiger partial charge in [0, 0.05) is 18.4 Å². The predicted molar refractivity (Wildman–Crippen MR) is 126 cm³/mol. The number of rotatable bonds is 12. The second-order valence-electron chi connectivity index (χ2n) is 7.88. The molecule has 0 fully saturated rings. The van der Waals surface area contributed by atoms with Crippen molar-refractivity contribution in [1.29, 1.82) is 5.41 Å². The number of carboxylic acid groups (broad SMARTS) is 1. The van der Waals surface area contributed by atoms with Gasteiger partial charge in [-0.15, -0.1) is 0 Å². The minimum atomic E-state index is -0.805. The van der Waals surface area contributed by atoms with Gasteiger partial charge in [0.2, 0.25) is 11.7 Å². The number of carbonyl (C=O) groups excluding carboxylic acids is 2. The molecule has 0 aliphatic rings. The van der Waals surface area contributed by atoms with Gasteiger partial charge in [0.15, 0.2) is 0 Å². The van der Waals surface area contributed by atoms with Gasteiger partial charge >= 0.3 is 11.9 Å². The Kier molecular flexibility index (Phi) is 8.39. The molecule has 0 spiro atoms. The number of aliphatic carboxylic acids is 1. The summed E-state index contributed by atoms with van der Waals surface area (Å²) < 4.78 is 10.9. The van der Waals surface area contributed by atoms with Crippen molar-refractivity contribution >= 4 is 34.5 Å². The Morgan fingerprint density at radius 3 is 2.38 bits per heavy atom. The van der Waals surface area contributed by atoms with Crippen molar-refractivity contribution in [1.82, 2.24) is 5.32 Å². The van der Waals surface area contributed by atoms with E-state index in [1.165, 1.54) is 6.07 Å². The highest BCUT2D eigenvalue weighted by Crippen LogP contribution is 2.23. The van der Waals surface area contributed by atoms with Crippen LogP contribution >= 0.6 is 0 Å². The number of amides is 1. The molecule has 3 rings (SSSR count). The van der Waals surface area contributed by atoms with Gasteiger partial charge in [-0.3, -0.25) is 15.0 Å². The first-order valence-corrected chi connectivity index (χ1v) is 11.0. The number of nitrogens with one attached hydrogen (secondary N) is 2. The van der Waals surface area contributed by atoms with Crippen molar-refractivity contribution in [2.24, 2.45) is 5.73 Å². The fourth-order valence-corrected chi connectivity index (χ4v) is 3.38. The third kappa shape index (κ3) is 7.19. The molecular formula is C25H27N3O6. The fraction of sp³-hybridized carbons (Fsp3) is 0.280. The summed E-state index contributed by atoms with van der Waals surface area (Å²) in [5.41, 5.74) is 6.13. The quantitative estimate of drug-likeness (QED) is 0.104. The Hall–Kier alpha value is -4.14. The van der Waals surface area contributed by atoms with E-state index in [9.17, 15) is 14.4 Å². The lowest BCUT2D eigenvalue weighted by Crippen LogP contribution is -2.22. The zero-order chi connectivity index (χ0) is 24.5. The summed E-state index contributed by atoms with van der Waals surface area (Å²) in [4.78, 5) is 34.8. The van der Waals surface area contributed by atoms with E-state index in [2.05, 4.69) is 5.32 Å². The average Bonchev–Trinajstić information content (AvgIpc) is 3.28. The molecule has 1 amide bonds. The number of carbonyl (C=O) groups is 3. The molecule has 0 unspecified atom stereocenters. The van der Waals surface area contributed by atoms with Crippen LogP contribution in [0.4, 0.5) is 0 Å². The van der Waals surface area contributed by atoms with Crippen LogP contribution in [0.15, 0.2) is 52.9 Å². The van der Waals surface area contributed by atoms with Crippen LogP contribution in [0.1, 0.15) is 60.4 Å². The molecule has 0 saturated carbocycles. The first kappa shape index (κ1) is 24.5. The molecule has 0 aliphatic heterocycles. The maximum absolute atomic E-state index is 12.4. The van der Waals surface area contributed by atoms with E-state index in [1.54, 1.807) is 42.5 Å². The molecule has 1 heterocycles. The zero-order valence-corrected chi connectivity index (χ0v) is 18.6. The number of fused-ring (bicyclic) bond motifs is 1. The monoisotopic (exact) mass is 465 g/mol. The molecule has 178 valence electrons. The van der Waals surface area contributed by atoms with Crippen molar-refractivity contribution in [2.45, 2.75) is 45.1 Å². The Morgan fingerprint density at radius 1 is 0.941 bits per heavy atom. The second-order valence-corrected chi connectivity index (χ2v) is 7.88. The molecule has 34 heavy (non-hydrogen) atoms. The predicted octanol–water partition coefficient (Wildman–Crippen LogP) is 3.98. The van der Waals surface area contributed by atoms with Gasteiger partial charge in [0.1, 0.15) is 17.3 Å². The van der Waals surface area contributed by atoms with E-state index < -0.39 is 11.9 Å². The van der Waals surface area contributed by atoms with Gasteiger partial charge in [-0.2, -0.15) is 0 Å². The summed E-state index contributed by atoms with van der Waals surface area (Å²) in [5, 5.41) is 20.6. The van der Waals surface area contributed by atoms with Crippen LogP contribution in [-0.4, -0.2) is 28.8 Å². The Labute approximate surface area is 196 Å². The number of amidine groups is 1. The average molecular weight is 466 g/mol. The van der Waals surface area contributed by atoms with Crippen molar-refractivity contribution in [3.8, 4) is 5.75 Å². The number of esters is 1. The number of unbranched alkanes of at least 4 members (excludes halogenated alkanes) is 3. The normalized spacial score (nSPS) is 10.7. The van der Waals surface area contributed by atoms with E-state index in [1.807, 2.05) is 0 Å². The van der Waals surface area contributed by atoms with Crippen molar-refractivity contribution in [3.63, 3.8) is 0 Å². The lowest BCUT2D eigenvalue weighted by molar-refractivity contribution is -0.137. The first-order valence-electron chi connectivity index (χ1n) is 11.0. The molecule has 0 atom stereocenters. The van der Waals surface area contributed by atoms with Crippen LogP contribution in [0.25, 0.3) is 10.8 Å². The standard InChI is InChI=1S/C25H27N3O6/c26-24(27)18-8-7-17-14-19(10-9-16(17)13-18)34-25(32)21-12-11-20(33-21)15-28-22(29)5-3-1-2-4-6-23(30)31/h7-14H,1-6,15H2,(H3,26,27)(H,28,29)(H,30,31). The lowest BCUT2D eigenvalue weighted by atomic mass is 10.1. The topological polar surface area (TPSA) is 156 Å². The van der Waals surface area contributed by atoms with Crippen LogP contribution in [-0.2, 0) is 16.1 Å². The SMILES string of the molecule is N=C(N)c1ccc2cc(OC(=O)c3ccc(CNC(=O)CCCCCCC(=O)O)o3)ccc2c1. The molecule has 0 radical (unpaired) electrons. The number of hydrogen-bond acceptors (Lipinski definition) is 6. The van der Waals surface area contributed by atoms with Gasteiger partial charge in [-0.1, -0.05) is 31.0 Å². The van der Waals surface area contributed by atoms with E-state index in [0.717, 1.165) is 23.6 Å². The number of nitrogen functional groups attached to an aromatic ring is 1. The van der Waals surface area contributed by atoms with Gasteiger partial charge < -0.3 is 25.3 Å². The Bertz CT molecular complexity index is 1200. The molecule has 0 saturated heterocycles. The van der Waals surface area contributed by atoms with Gasteiger partial charge in [-0.25, -0.2) is 4.79 Å². The first-order chi connectivity index (χ1) is 16.3. The maximum atomic E-state index is 12.4. The summed E-state index contributed by atoms with van der Waals surface area (Å²) in [6.07, 6.45) is 3.37. The number of carboxylic acids is 1. The molecule has 3 aromatic rings. The molecule has 5 N–H and O–H groups in total. The number of nitrogens with two attached hydrogens (primary N) is 1.